The number of fused-ring (bicyclic) bond motifs is 1. The molecule has 0 unspecified atom stereocenters. The maximum atomic E-state index is 11.2. The third-order valence-electron chi connectivity index (χ3n) is 3.93. The van der Waals surface area contributed by atoms with Crippen LogP contribution in [-0.4, -0.2) is 19.6 Å². The van der Waals surface area contributed by atoms with E-state index in [1.807, 2.05) is 18.2 Å². The number of benzene rings is 2. The molecule has 0 bridgehead atoms. The smallest absolute Gasteiger partial charge is 0.221 e. The van der Waals surface area contributed by atoms with Crippen molar-refractivity contribution < 1.29 is 9.53 Å². The molecule has 0 aliphatic carbocycles. The predicted octanol–water partition coefficient (Wildman–Crippen LogP) is 3.23. The number of nitrogens with one attached hydrogen (secondary N) is 3. The number of carbonyl (C=O) groups is 1. The molecule has 120 valence electrons. The zero-order valence-corrected chi connectivity index (χ0v) is 13.4. The van der Waals surface area contributed by atoms with E-state index in [1.54, 1.807) is 7.11 Å². The largest absolute Gasteiger partial charge is 0.494 e. The fourth-order valence-corrected chi connectivity index (χ4v) is 2.85. The first-order valence-electron chi connectivity index (χ1n) is 7.71. The number of rotatable bonds is 5. The van der Waals surface area contributed by atoms with Crippen molar-refractivity contribution in [1.82, 2.24) is 0 Å². The molecule has 0 saturated heterocycles. The molecule has 1 heterocycles. The summed E-state index contributed by atoms with van der Waals surface area (Å²) in [7, 11) is 1.60. The average molecular weight is 311 g/mol. The first-order valence-corrected chi connectivity index (χ1v) is 7.71. The van der Waals surface area contributed by atoms with E-state index in [-0.39, 0.29) is 5.91 Å². The van der Waals surface area contributed by atoms with Crippen LogP contribution >= 0.6 is 0 Å². The Labute approximate surface area is 136 Å². The maximum absolute atomic E-state index is 11.2. The van der Waals surface area contributed by atoms with E-state index in [4.69, 9.17) is 4.74 Å². The van der Waals surface area contributed by atoms with Crippen LogP contribution in [0.15, 0.2) is 36.4 Å². The van der Waals surface area contributed by atoms with Crippen LogP contribution in [0.3, 0.4) is 0 Å². The summed E-state index contributed by atoms with van der Waals surface area (Å²) in [6.45, 7) is 3.22. The molecular weight excluding hydrogens is 290 g/mol. The number of ether oxygens (including phenoxy) is 1. The SMILES string of the molecule is COc1cc(NCc2cccc3c2NCC3)ccc1NC(C)=O. The van der Waals surface area contributed by atoms with Gasteiger partial charge < -0.3 is 20.7 Å². The lowest BCUT2D eigenvalue weighted by Crippen LogP contribution is -2.08. The summed E-state index contributed by atoms with van der Waals surface area (Å²) in [5.74, 6) is 0.525. The van der Waals surface area contributed by atoms with Gasteiger partial charge in [-0.05, 0) is 29.7 Å². The van der Waals surface area contributed by atoms with Crippen LogP contribution in [0, 0.1) is 0 Å². The number of amides is 1. The van der Waals surface area contributed by atoms with Gasteiger partial charge in [-0.3, -0.25) is 4.79 Å². The first kappa shape index (κ1) is 15.2. The molecule has 3 N–H and O–H groups in total. The Morgan fingerprint density at radius 1 is 1.30 bits per heavy atom. The van der Waals surface area contributed by atoms with Gasteiger partial charge in [-0.25, -0.2) is 0 Å². The first-order chi connectivity index (χ1) is 11.2. The zero-order valence-electron chi connectivity index (χ0n) is 13.4. The Morgan fingerprint density at radius 2 is 2.17 bits per heavy atom. The molecule has 2 aromatic rings. The number of para-hydroxylation sites is 1. The van der Waals surface area contributed by atoms with Crippen LogP contribution < -0.4 is 20.7 Å². The fraction of sp³-hybridized carbons (Fsp3) is 0.278. The normalized spacial score (nSPS) is 12.3. The van der Waals surface area contributed by atoms with Crippen molar-refractivity contribution in [3.8, 4) is 5.75 Å². The van der Waals surface area contributed by atoms with Crippen LogP contribution in [-0.2, 0) is 17.8 Å². The van der Waals surface area contributed by atoms with Crippen LogP contribution in [0.2, 0.25) is 0 Å². The summed E-state index contributed by atoms with van der Waals surface area (Å²) in [6.07, 6.45) is 1.09. The van der Waals surface area contributed by atoms with Crippen molar-refractivity contribution in [2.24, 2.45) is 0 Å². The lowest BCUT2D eigenvalue weighted by molar-refractivity contribution is -0.114. The van der Waals surface area contributed by atoms with Crippen LogP contribution in [0.5, 0.6) is 5.75 Å². The molecule has 0 radical (unpaired) electrons. The molecule has 0 spiro atoms. The van der Waals surface area contributed by atoms with Crippen LogP contribution in [0.4, 0.5) is 17.1 Å². The molecule has 0 saturated carbocycles. The minimum absolute atomic E-state index is 0.116. The summed E-state index contributed by atoms with van der Waals surface area (Å²) in [5.41, 5.74) is 5.51. The van der Waals surface area contributed by atoms with Gasteiger partial charge in [0.25, 0.3) is 0 Å². The highest BCUT2D eigenvalue weighted by atomic mass is 16.5. The van der Waals surface area contributed by atoms with Gasteiger partial charge in [0, 0.05) is 37.5 Å². The fourth-order valence-electron chi connectivity index (χ4n) is 2.85. The number of hydrogen-bond acceptors (Lipinski definition) is 4. The van der Waals surface area contributed by atoms with Crippen molar-refractivity contribution in [1.29, 1.82) is 0 Å². The summed E-state index contributed by atoms with van der Waals surface area (Å²) < 4.78 is 5.35. The highest BCUT2D eigenvalue weighted by molar-refractivity contribution is 5.90. The van der Waals surface area contributed by atoms with Gasteiger partial charge in [0.15, 0.2) is 0 Å². The molecule has 1 aliphatic rings. The molecule has 0 aromatic heterocycles. The zero-order chi connectivity index (χ0) is 16.2. The lowest BCUT2D eigenvalue weighted by atomic mass is 10.1. The van der Waals surface area contributed by atoms with Crippen LogP contribution in [0.25, 0.3) is 0 Å². The molecular formula is C18H21N3O2. The van der Waals surface area contributed by atoms with Gasteiger partial charge in [-0.1, -0.05) is 18.2 Å². The monoisotopic (exact) mass is 311 g/mol. The van der Waals surface area contributed by atoms with E-state index in [0.29, 0.717) is 11.4 Å². The van der Waals surface area contributed by atoms with Crippen molar-refractivity contribution in [2.45, 2.75) is 19.9 Å². The van der Waals surface area contributed by atoms with Crippen molar-refractivity contribution >= 4 is 23.0 Å². The summed E-state index contributed by atoms with van der Waals surface area (Å²) in [4.78, 5) is 11.2. The molecule has 5 heteroatoms. The summed E-state index contributed by atoms with van der Waals surface area (Å²) >= 11 is 0. The van der Waals surface area contributed by atoms with Crippen molar-refractivity contribution in [2.75, 3.05) is 29.6 Å². The van der Waals surface area contributed by atoms with Gasteiger partial charge in [0.05, 0.1) is 12.8 Å². The van der Waals surface area contributed by atoms with Crippen molar-refractivity contribution in [3.05, 3.63) is 47.5 Å². The highest BCUT2D eigenvalue weighted by Crippen LogP contribution is 2.30. The quantitative estimate of drug-likeness (QED) is 0.793. The van der Waals surface area contributed by atoms with E-state index in [2.05, 4.69) is 34.1 Å². The Bertz CT molecular complexity index is 728. The van der Waals surface area contributed by atoms with E-state index in [0.717, 1.165) is 25.2 Å². The molecule has 1 aliphatic heterocycles. The minimum atomic E-state index is -0.116. The van der Waals surface area contributed by atoms with Gasteiger partial charge >= 0.3 is 0 Å². The third-order valence-corrected chi connectivity index (χ3v) is 3.93. The lowest BCUT2D eigenvalue weighted by Gasteiger charge is -2.14. The molecule has 2 aromatic carbocycles. The Balaban J connectivity index is 1.74. The number of carbonyl (C=O) groups excluding carboxylic acids is 1. The summed E-state index contributed by atoms with van der Waals surface area (Å²) in [6, 6.07) is 12.1. The van der Waals surface area contributed by atoms with E-state index in [1.165, 1.54) is 23.7 Å². The molecule has 1 amide bonds. The van der Waals surface area contributed by atoms with Crippen LogP contribution in [0.1, 0.15) is 18.1 Å². The average Bonchev–Trinajstić information content (AvgIpc) is 3.02. The Morgan fingerprint density at radius 3 is 2.96 bits per heavy atom. The maximum Gasteiger partial charge on any atom is 0.221 e. The van der Waals surface area contributed by atoms with Gasteiger partial charge in [-0.15, -0.1) is 0 Å². The van der Waals surface area contributed by atoms with E-state index < -0.39 is 0 Å². The van der Waals surface area contributed by atoms with E-state index in [9.17, 15) is 4.79 Å². The molecule has 3 rings (SSSR count). The topological polar surface area (TPSA) is 62.4 Å². The third kappa shape index (κ3) is 3.39. The number of hydrogen-bond donors (Lipinski definition) is 3. The number of anilines is 3. The minimum Gasteiger partial charge on any atom is -0.494 e. The highest BCUT2D eigenvalue weighted by Gasteiger charge is 2.13. The molecule has 0 atom stereocenters. The van der Waals surface area contributed by atoms with Gasteiger partial charge in [-0.2, -0.15) is 0 Å². The van der Waals surface area contributed by atoms with Gasteiger partial charge in [0.1, 0.15) is 5.75 Å². The molecule has 23 heavy (non-hydrogen) atoms. The second kappa shape index (κ2) is 6.60. The standard InChI is InChI=1S/C18H21N3O2/c1-12(22)21-16-7-6-15(10-17(16)23-2)20-11-14-5-3-4-13-8-9-19-18(13)14/h3-7,10,19-20H,8-9,11H2,1-2H3,(H,21,22). The summed E-state index contributed by atoms with van der Waals surface area (Å²) in [5, 5.41) is 9.62. The predicted molar refractivity (Wildman–Crippen MR) is 93.3 cm³/mol. The second-order valence-corrected chi connectivity index (χ2v) is 5.58. The van der Waals surface area contributed by atoms with Gasteiger partial charge in [0.2, 0.25) is 5.91 Å². The molecule has 0 fully saturated rings. The van der Waals surface area contributed by atoms with E-state index >= 15 is 0 Å². The Kier molecular flexibility index (Phi) is 4.37. The number of methoxy groups -OCH3 is 1. The second-order valence-electron chi connectivity index (χ2n) is 5.58. The van der Waals surface area contributed by atoms with Crippen molar-refractivity contribution in [3.63, 3.8) is 0 Å². The molecule has 5 nitrogen and oxygen atoms in total. The Hall–Kier alpha value is -2.69.